The molecule has 0 spiro atoms. The van der Waals surface area contributed by atoms with Gasteiger partial charge in [-0.2, -0.15) is 0 Å². The van der Waals surface area contributed by atoms with Crippen LogP contribution >= 0.6 is 11.6 Å². The third-order valence-electron chi connectivity index (χ3n) is 3.74. The average Bonchev–Trinajstić information content (AvgIpc) is 2.50. The van der Waals surface area contributed by atoms with Gasteiger partial charge in [-0.1, -0.05) is 17.7 Å². The van der Waals surface area contributed by atoms with E-state index in [4.69, 9.17) is 11.6 Å². The molecular weight excluding hydrogens is 378 g/mol. The molecule has 1 amide bonds. The Balaban J connectivity index is 2.15. The fraction of sp³-hybridized carbons (Fsp3) is 0.294. The fourth-order valence-corrected chi connectivity index (χ4v) is 3.54. The zero-order chi connectivity index (χ0) is 19.5. The van der Waals surface area contributed by atoms with E-state index < -0.39 is 22.5 Å². The lowest BCUT2D eigenvalue weighted by Crippen LogP contribution is -2.40. The first-order chi connectivity index (χ1) is 12.1. The number of aryl methyl sites for hydroxylation is 2. The van der Waals surface area contributed by atoms with Crippen molar-refractivity contribution in [3.8, 4) is 0 Å². The number of rotatable bonds is 6. The van der Waals surface area contributed by atoms with Crippen molar-refractivity contribution in [1.29, 1.82) is 0 Å². The van der Waals surface area contributed by atoms with Crippen LogP contribution < -0.4 is 15.2 Å². The number of anilines is 1. The monoisotopic (exact) mass is 397 g/mol. The van der Waals surface area contributed by atoms with Crippen LogP contribution in [0.5, 0.6) is 0 Å². The first-order valence-corrected chi connectivity index (χ1v) is 10.00. The molecule has 0 radical (unpaired) electrons. The number of amides is 1. The molecule has 0 aliphatic carbocycles. The van der Waals surface area contributed by atoms with Crippen LogP contribution in [0.4, 0.5) is 5.69 Å². The molecule has 7 nitrogen and oxygen atoms in total. The van der Waals surface area contributed by atoms with Gasteiger partial charge in [-0.25, -0.2) is 8.42 Å². The van der Waals surface area contributed by atoms with Crippen molar-refractivity contribution in [2.45, 2.75) is 20.4 Å². The van der Waals surface area contributed by atoms with Gasteiger partial charge in [0.05, 0.1) is 11.9 Å². The van der Waals surface area contributed by atoms with E-state index in [2.05, 4.69) is 10.3 Å². The Labute approximate surface area is 157 Å². The number of sulfonamides is 1. The van der Waals surface area contributed by atoms with E-state index in [0.717, 1.165) is 21.8 Å². The number of carbonyl (C=O) groups is 1. The molecule has 0 atom stereocenters. The number of halogens is 1. The highest BCUT2D eigenvalue weighted by Crippen LogP contribution is 2.21. The Bertz CT molecular complexity index is 986. The standard InChI is InChI=1S/C17H20ClN3O4S/c1-11-7-12(2)20-17(23)15(11)9-19-16(22)10-21(26(3,24)25)14-6-4-5-13(18)8-14/h4-8H,9-10H2,1-3H3,(H,19,22)(H,20,23). The number of benzene rings is 1. The SMILES string of the molecule is Cc1cc(C)c(CNC(=O)CN(c2cccc(Cl)c2)S(C)(=O)=O)c(=O)[nH]1. The number of aromatic nitrogens is 1. The zero-order valence-electron chi connectivity index (χ0n) is 14.7. The summed E-state index contributed by atoms with van der Waals surface area (Å²) >= 11 is 5.90. The molecule has 9 heteroatoms. The summed E-state index contributed by atoms with van der Waals surface area (Å²) in [7, 11) is -3.69. The Morgan fingerprint density at radius 1 is 1.27 bits per heavy atom. The third kappa shape index (κ3) is 5.09. The molecule has 1 aromatic carbocycles. The van der Waals surface area contributed by atoms with E-state index in [9.17, 15) is 18.0 Å². The van der Waals surface area contributed by atoms with E-state index in [1.54, 1.807) is 38.1 Å². The van der Waals surface area contributed by atoms with Crippen molar-refractivity contribution in [1.82, 2.24) is 10.3 Å². The predicted octanol–water partition coefficient (Wildman–Crippen LogP) is 1.73. The molecule has 0 unspecified atom stereocenters. The minimum absolute atomic E-state index is 0.00737. The number of H-pyrrole nitrogens is 1. The lowest BCUT2D eigenvalue weighted by molar-refractivity contribution is -0.119. The van der Waals surface area contributed by atoms with Crippen molar-refractivity contribution in [3.05, 3.63) is 62.5 Å². The quantitative estimate of drug-likeness (QED) is 0.775. The van der Waals surface area contributed by atoms with Gasteiger partial charge in [0, 0.05) is 22.8 Å². The van der Waals surface area contributed by atoms with Crippen molar-refractivity contribution in [2.24, 2.45) is 0 Å². The fourth-order valence-electron chi connectivity index (χ4n) is 2.51. The molecule has 0 fully saturated rings. The summed E-state index contributed by atoms with van der Waals surface area (Å²) in [5.74, 6) is -0.533. The molecule has 0 aliphatic heterocycles. The molecule has 1 aromatic heterocycles. The van der Waals surface area contributed by atoms with Crippen LogP contribution in [0.3, 0.4) is 0 Å². The van der Waals surface area contributed by atoms with Crippen LogP contribution in [0.25, 0.3) is 0 Å². The van der Waals surface area contributed by atoms with Crippen molar-refractivity contribution >= 4 is 33.2 Å². The Morgan fingerprint density at radius 2 is 1.96 bits per heavy atom. The minimum atomic E-state index is -3.69. The summed E-state index contributed by atoms with van der Waals surface area (Å²) in [6.45, 7) is 3.14. The molecule has 2 rings (SSSR count). The Morgan fingerprint density at radius 3 is 2.54 bits per heavy atom. The third-order valence-corrected chi connectivity index (χ3v) is 5.12. The van der Waals surface area contributed by atoms with Gasteiger partial charge in [-0.15, -0.1) is 0 Å². The summed E-state index contributed by atoms with van der Waals surface area (Å²) in [5.41, 5.74) is 1.92. The van der Waals surface area contributed by atoms with Crippen LogP contribution in [0, 0.1) is 13.8 Å². The number of hydrogen-bond acceptors (Lipinski definition) is 4. The van der Waals surface area contributed by atoms with Crippen LogP contribution in [0.2, 0.25) is 5.02 Å². The molecule has 26 heavy (non-hydrogen) atoms. The van der Waals surface area contributed by atoms with E-state index in [-0.39, 0.29) is 12.1 Å². The smallest absolute Gasteiger partial charge is 0.253 e. The maximum atomic E-state index is 12.3. The molecule has 2 N–H and O–H groups in total. The number of hydrogen-bond donors (Lipinski definition) is 2. The van der Waals surface area contributed by atoms with Gasteiger partial charge in [-0.3, -0.25) is 13.9 Å². The summed E-state index contributed by atoms with van der Waals surface area (Å²) in [4.78, 5) is 26.9. The number of aromatic amines is 1. The van der Waals surface area contributed by atoms with Crippen LogP contribution in [0.15, 0.2) is 35.1 Å². The van der Waals surface area contributed by atoms with Gasteiger partial charge in [-0.05, 0) is 43.7 Å². The summed E-state index contributed by atoms with van der Waals surface area (Å²) in [6.07, 6.45) is 1.01. The van der Waals surface area contributed by atoms with E-state index in [1.165, 1.54) is 6.07 Å². The van der Waals surface area contributed by atoms with Gasteiger partial charge in [0.25, 0.3) is 5.56 Å². The summed E-state index contributed by atoms with van der Waals surface area (Å²) in [6, 6.07) is 8.03. The van der Waals surface area contributed by atoms with Crippen LogP contribution in [-0.4, -0.2) is 32.1 Å². The molecule has 140 valence electrons. The Hall–Kier alpha value is -2.32. The maximum Gasteiger partial charge on any atom is 0.253 e. The Kier molecular flexibility index (Phi) is 6.09. The molecule has 1 heterocycles. The first kappa shape index (κ1) is 20.0. The largest absolute Gasteiger partial charge is 0.350 e. The maximum absolute atomic E-state index is 12.3. The highest BCUT2D eigenvalue weighted by molar-refractivity contribution is 7.92. The van der Waals surface area contributed by atoms with Crippen molar-refractivity contribution < 1.29 is 13.2 Å². The number of pyridine rings is 1. The molecular formula is C17H20ClN3O4S. The first-order valence-electron chi connectivity index (χ1n) is 7.77. The summed E-state index contributed by atoms with van der Waals surface area (Å²) in [5, 5.41) is 2.95. The van der Waals surface area contributed by atoms with E-state index >= 15 is 0 Å². The van der Waals surface area contributed by atoms with Crippen LogP contribution in [-0.2, 0) is 21.4 Å². The number of nitrogens with zero attached hydrogens (tertiary/aromatic N) is 1. The normalized spacial score (nSPS) is 11.2. The topological polar surface area (TPSA) is 99.3 Å². The lowest BCUT2D eigenvalue weighted by Gasteiger charge is -2.22. The second-order valence-electron chi connectivity index (χ2n) is 5.97. The summed E-state index contributed by atoms with van der Waals surface area (Å²) < 4.78 is 25.1. The van der Waals surface area contributed by atoms with E-state index in [0.29, 0.717) is 16.3 Å². The van der Waals surface area contributed by atoms with Gasteiger partial charge in [0.2, 0.25) is 15.9 Å². The molecule has 0 saturated heterocycles. The second-order valence-corrected chi connectivity index (χ2v) is 8.31. The van der Waals surface area contributed by atoms with Gasteiger partial charge < -0.3 is 10.3 Å². The van der Waals surface area contributed by atoms with Gasteiger partial charge in [0.1, 0.15) is 6.54 Å². The van der Waals surface area contributed by atoms with Crippen LogP contribution in [0.1, 0.15) is 16.8 Å². The zero-order valence-corrected chi connectivity index (χ0v) is 16.2. The van der Waals surface area contributed by atoms with Crippen molar-refractivity contribution in [2.75, 3.05) is 17.1 Å². The number of carbonyl (C=O) groups excluding carboxylic acids is 1. The predicted molar refractivity (Wildman–Crippen MR) is 102 cm³/mol. The minimum Gasteiger partial charge on any atom is -0.350 e. The molecule has 2 aromatic rings. The molecule has 0 bridgehead atoms. The molecule has 0 aliphatic rings. The highest BCUT2D eigenvalue weighted by atomic mass is 35.5. The number of nitrogens with one attached hydrogen (secondary N) is 2. The van der Waals surface area contributed by atoms with Gasteiger partial charge in [0.15, 0.2) is 0 Å². The lowest BCUT2D eigenvalue weighted by atomic mass is 10.1. The highest BCUT2D eigenvalue weighted by Gasteiger charge is 2.21. The van der Waals surface area contributed by atoms with Crippen molar-refractivity contribution in [3.63, 3.8) is 0 Å². The molecule has 0 saturated carbocycles. The second kappa shape index (κ2) is 7.92. The van der Waals surface area contributed by atoms with E-state index in [1.807, 2.05) is 0 Å². The van der Waals surface area contributed by atoms with Gasteiger partial charge >= 0.3 is 0 Å². The average molecular weight is 398 g/mol.